The van der Waals surface area contributed by atoms with Gasteiger partial charge >= 0.3 is 0 Å². The molecule has 0 radical (unpaired) electrons. The summed E-state index contributed by atoms with van der Waals surface area (Å²) in [7, 11) is 6.10. The molecule has 1 rings (SSSR count). The van der Waals surface area contributed by atoms with Crippen molar-refractivity contribution in [2.75, 3.05) is 28.4 Å². The van der Waals surface area contributed by atoms with Gasteiger partial charge in [-0.05, 0) is 6.42 Å². The van der Waals surface area contributed by atoms with Gasteiger partial charge in [-0.25, -0.2) is 0 Å². The van der Waals surface area contributed by atoms with E-state index in [1.54, 1.807) is 20.3 Å². The number of hydrogen-bond acceptors (Lipinski definition) is 5. The first-order valence-electron chi connectivity index (χ1n) is 6.25. The number of methoxy groups -OCH3 is 4. The molecule has 5 nitrogen and oxygen atoms in total. The zero-order valence-electron chi connectivity index (χ0n) is 12.3. The molecule has 3 unspecified atom stereocenters. The molecule has 0 aromatic carbocycles. The van der Waals surface area contributed by atoms with Crippen LogP contribution in [-0.4, -0.2) is 45.4 Å². The van der Waals surface area contributed by atoms with Crippen LogP contribution in [0.25, 0.3) is 0 Å². The lowest BCUT2D eigenvalue weighted by Gasteiger charge is -2.46. The molecule has 1 N–H and O–H groups in total. The highest BCUT2D eigenvalue weighted by atomic mass is 16.7. The van der Waals surface area contributed by atoms with Crippen LogP contribution in [0, 0.1) is 11.8 Å². The molecule has 1 aliphatic rings. The summed E-state index contributed by atoms with van der Waals surface area (Å²) in [5.74, 6) is -0.584. The molecule has 110 valence electrons. The molecule has 0 spiro atoms. The first-order valence-corrected chi connectivity index (χ1v) is 6.25. The average molecular weight is 272 g/mol. The Balaban J connectivity index is 3.41. The molecular weight excluding hydrogens is 248 g/mol. The van der Waals surface area contributed by atoms with Gasteiger partial charge in [-0.1, -0.05) is 13.0 Å². The van der Waals surface area contributed by atoms with E-state index in [-0.39, 0.29) is 11.8 Å². The van der Waals surface area contributed by atoms with Gasteiger partial charge in [-0.15, -0.1) is 6.58 Å². The molecule has 0 aromatic rings. The normalized spacial score (nSPS) is 30.1. The van der Waals surface area contributed by atoms with Gasteiger partial charge in [0.1, 0.15) is 6.10 Å². The quantitative estimate of drug-likeness (QED) is 0.589. The molecule has 19 heavy (non-hydrogen) atoms. The van der Waals surface area contributed by atoms with Crippen molar-refractivity contribution in [3.63, 3.8) is 0 Å². The highest BCUT2D eigenvalue weighted by Crippen LogP contribution is 2.46. The Hall–Kier alpha value is -1.04. The number of hydrogen-bond donors (Lipinski definition) is 1. The molecule has 0 amide bonds. The Morgan fingerprint density at radius 1 is 1.21 bits per heavy atom. The second kappa shape index (κ2) is 6.41. The van der Waals surface area contributed by atoms with Crippen LogP contribution in [0.1, 0.15) is 13.3 Å². The summed E-state index contributed by atoms with van der Waals surface area (Å²) < 4.78 is 21.8. The standard InChI is InChI=1S/C14H24O5/c1-7-8-10-9(2)14(18-5,19-6)13(17-4)12(16-3)11(10)15/h7,9-11,15H,1,8H2,2-6H3. The van der Waals surface area contributed by atoms with Crippen molar-refractivity contribution < 1.29 is 24.1 Å². The van der Waals surface area contributed by atoms with Gasteiger partial charge in [0.05, 0.1) is 14.2 Å². The Bertz CT molecular complexity index is 346. The van der Waals surface area contributed by atoms with Crippen LogP contribution in [0.5, 0.6) is 0 Å². The van der Waals surface area contributed by atoms with E-state index in [1.165, 1.54) is 14.2 Å². The summed E-state index contributed by atoms with van der Waals surface area (Å²) in [6.45, 7) is 5.69. The lowest BCUT2D eigenvalue weighted by atomic mass is 9.74. The van der Waals surface area contributed by atoms with Crippen molar-refractivity contribution >= 4 is 0 Å². The van der Waals surface area contributed by atoms with E-state index in [1.807, 2.05) is 6.92 Å². The fourth-order valence-corrected chi connectivity index (χ4v) is 2.88. The molecule has 0 fully saturated rings. The molecule has 1 aliphatic carbocycles. The summed E-state index contributed by atoms with van der Waals surface area (Å²) in [5, 5.41) is 10.4. The van der Waals surface area contributed by atoms with E-state index < -0.39 is 11.9 Å². The maximum Gasteiger partial charge on any atom is 0.233 e. The Morgan fingerprint density at radius 2 is 1.79 bits per heavy atom. The number of aliphatic hydroxyl groups is 1. The van der Waals surface area contributed by atoms with E-state index in [2.05, 4.69) is 6.58 Å². The average Bonchev–Trinajstić information content (AvgIpc) is 2.43. The number of allylic oxidation sites excluding steroid dienone is 1. The first-order chi connectivity index (χ1) is 9.03. The minimum absolute atomic E-state index is 0.119. The highest BCUT2D eigenvalue weighted by molar-refractivity contribution is 5.23. The third-order valence-electron chi connectivity index (χ3n) is 3.93. The monoisotopic (exact) mass is 272 g/mol. The number of rotatable bonds is 6. The van der Waals surface area contributed by atoms with E-state index in [0.717, 1.165) is 0 Å². The van der Waals surface area contributed by atoms with Crippen LogP contribution in [0.4, 0.5) is 0 Å². The van der Waals surface area contributed by atoms with Crippen LogP contribution in [-0.2, 0) is 18.9 Å². The minimum Gasteiger partial charge on any atom is -0.495 e. The molecule has 5 heteroatoms. The fourth-order valence-electron chi connectivity index (χ4n) is 2.88. The van der Waals surface area contributed by atoms with Gasteiger partial charge in [0, 0.05) is 26.1 Å². The van der Waals surface area contributed by atoms with Crippen LogP contribution in [0.2, 0.25) is 0 Å². The Kier molecular flexibility index (Phi) is 5.40. The van der Waals surface area contributed by atoms with E-state index in [0.29, 0.717) is 17.9 Å². The molecule has 0 saturated heterocycles. The molecule has 0 saturated carbocycles. The largest absolute Gasteiger partial charge is 0.495 e. The third-order valence-corrected chi connectivity index (χ3v) is 3.93. The molecule has 0 aliphatic heterocycles. The smallest absolute Gasteiger partial charge is 0.233 e. The maximum absolute atomic E-state index is 10.4. The van der Waals surface area contributed by atoms with Gasteiger partial charge in [0.2, 0.25) is 5.79 Å². The zero-order valence-corrected chi connectivity index (χ0v) is 12.3. The second-order valence-electron chi connectivity index (χ2n) is 4.60. The number of ether oxygens (including phenoxy) is 4. The van der Waals surface area contributed by atoms with Crippen molar-refractivity contribution in [2.24, 2.45) is 11.8 Å². The predicted molar refractivity (Wildman–Crippen MR) is 71.3 cm³/mol. The molecule has 0 aromatic heterocycles. The van der Waals surface area contributed by atoms with E-state index >= 15 is 0 Å². The van der Waals surface area contributed by atoms with Crippen LogP contribution in [0.3, 0.4) is 0 Å². The Labute approximate surface area is 114 Å². The number of aliphatic hydroxyl groups excluding tert-OH is 1. The third kappa shape index (κ3) is 2.38. The maximum atomic E-state index is 10.4. The van der Waals surface area contributed by atoms with Crippen LogP contribution >= 0.6 is 0 Å². The van der Waals surface area contributed by atoms with Gasteiger partial charge in [-0.3, -0.25) is 0 Å². The first kappa shape index (κ1) is 16.0. The van der Waals surface area contributed by atoms with E-state index in [4.69, 9.17) is 18.9 Å². The topological polar surface area (TPSA) is 57.2 Å². The lowest BCUT2D eigenvalue weighted by molar-refractivity contribution is -0.256. The molecule has 0 heterocycles. The summed E-state index contributed by atoms with van der Waals surface area (Å²) in [6, 6.07) is 0. The van der Waals surface area contributed by atoms with Crippen LogP contribution in [0.15, 0.2) is 24.2 Å². The van der Waals surface area contributed by atoms with E-state index in [9.17, 15) is 5.11 Å². The van der Waals surface area contributed by atoms with Gasteiger partial charge in [0.25, 0.3) is 0 Å². The highest BCUT2D eigenvalue weighted by Gasteiger charge is 2.54. The minimum atomic E-state index is -1.06. The summed E-state index contributed by atoms with van der Waals surface area (Å²) in [5.41, 5.74) is 0. The summed E-state index contributed by atoms with van der Waals surface area (Å²) >= 11 is 0. The van der Waals surface area contributed by atoms with Crippen molar-refractivity contribution in [2.45, 2.75) is 25.2 Å². The molecular formula is C14H24O5. The van der Waals surface area contributed by atoms with Gasteiger partial charge < -0.3 is 24.1 Å². The fraction of sp³-hybridized carbons (Fsp3) is 0.714. The second-order valence-corrected chi connectivity index (χ2v) is 4.60. The molecule has 3 atom stereocenters. The lowest BCUT2D eigenvalue weighted by Crippen LogP contribution is -2.54. The van der Waals surface area contributed by atoms with Crippen molar-refractivity contribution in [1.29, 1.82) is 0 Å². The van der Waals surface area contributed by atoms with Crippen molar-refractivity contribution in [3.05, 3.63) is 24.2 Å². The summed E-state index contributed by atoms with van der Waals surface area (Å²) in [4.78, 5) is 0. The van der Waals surface area contributed by atoms with Gasteiger partial charge in [-0.2, -0.15) is 0 Å². The van der Waals surface area contributed by atoms with Crippen molar-refractivity contribution in [1.82, 2.24) is 0 Å². The Morgan fingerprint density at radius 3 is 2.16 bits per heavy atom. The van der Waals surface area contributed by atoms with Gasteiger partial charge in [0.15, 0.2) is 11.5 Å². The van der Waals surface area contributed by atoms with Crippen molar-refractivity contribution in [3.8, 4) is 0 Å². The van der Waals surface area contributed by atoms with Crippen LogP contribution < -0.4 is 0 Å². The zero-order chi connectivity index (χ0) is 14.6. The predicted octanol–water partition coefficient (Wildman–Crippen LogP) is 1.68. The summed E-state index contributed by atoms with van der Waals surface area (Å²) in [6.07, 6.45) is 1.62. The SMILES string of the molecule is C=CCC1C(O)C(OC)=C(OC)C(OC)(OC)C1C. The molecule has 0 bridgehead atoms.